The lowest BCUT2D eigenvalue weighted by molar-refractivity contribution is -0.137. The van der Waals surface area contributed by atoms with Crippen LogP contribution in [0.4, 0.5) is 0 Å². The second kappa shape index (κ2) is 7.55. The highest BCUT2D eigenvalue weighted by atomic mass is 28.4. The first-order chi connectivity index (χ1) is 11.1. The van der Waals surface area contributed by atoms with Crippen LogP contribution in [0.15, 0.2) is 11.5 Å². The molecular weight excluding hydrogens is 335 g/mol. The fourth-order valence-corrected chi connectivity index (χ4v) is 2.95. The highest BCUT2D eigenvalue weighted by molar-refractivity contribution is 6.74. The van der Waals surface area contributed by atoms with Crippen molar-refractivity contribution < 1.29 is 23.3 Å². The molecular formula is C18H35BO5Si. The summed E-state index contributed by atoms with van der Waals surface area (Å²) in [6, 6.07) is 0. The van der Waals surface area contributed by atoms with E-state index in [-0.39, 0.29) is 5.04 Å². The first kappa shape index (κ1) is 22.4. The largest absolute Gasteiger partial charge is 0.493 e. The van der Waals surface area contributed by atoms with Crippen LogP contribution in [0.5, 0.6) is 0 Å². The van der Waals surface area contributed by atoms with Crippen LogP contribution in [0.25, 0.3) is 0 Å². The lowest BCUT2D eigenvalue weighted by Crippen LogP contribution is -2.42. The summed E-state index contributed by atoms with van der Waals surface area (Å²) in [5.41, 5.74) is -0.271. The Balaban J connectivity index is 3.02. The minimum atomic E-state index is -1.96. The summed E-state index contributed by atoms with van der Waals surface area (Å²) < 4.78 is 23.5. The molecule has 5 nitrogen and oxygen atoms in total. The first-order valence-corrected chi connectivity index (χ1v) is 11.9. The molecule has 0 amide bonds. The van der Waals surface area contributed by atoms with Crippen molar-refractivity contribution >= 4 is 21.4 Å². The molecule has 0 aromatic rings. The Kier molecular flexibility index (Phi) is 6.77. The average molecular weight is 370 g/mol. The number of esters is 1. The second-order valence-corrected chi connectivity index (χ2v) is 13.9. The van der Waals surface area contributed by atoms with E-state index in [0.29, 0.717) is 18.7 Å². The molecule has 1 fully saturated rings. The molecule has 0 unspecified atom stereocenters. The molecule has 1 heterocycles. The zero-order valence-corrected chi connectivity index (χ0v) is 18.6. The van der Waals surface area contributed by atoms with Crippen LogP contribution < -0.4 is 0 Å². The summed E-state index contributed by atoms with van der Waals surface area (Å²) in [7, 11) is -2.58. The van der Waals surface area contributed by atoms with E-state index in [1.165, 1.54) is 6.08 Å². The van der Waals surface area contributed by atoms with E-state index < -0.39 is 32.6 Å². The summed E-state index contributed by atoms with van der Waals surface area (Å²) in [6.45, 7) is 21.3. The maximum atomic E-state index is 12.0. The van der Waals surface area contributed by atoms with Crippen LogP contribution in [0.1, 0.15) is 55.4 Å². The van der Waals surface area contributed by atoms with Crippen molar-refractivity contribution in [3.8, 4) is 0 Å². The average Bonchev–Trinajstić information content (AvgIpc) is 2.62. The monoisotopic (exact) mass is 370 g/mol. The van der Waals surface area contributed by atoms with E-state index in [2.05, 4.69) is 33.9 Å². The Morgan fingerprint density at radius 2 is 1.60 bits per heavy atom. The lowest BCUT2D eigenvalue weighted by Gasteiger charge is -2.36. The number of carbonyl (C=O) groups excluding carboxylic acids is 1. The van der Waals surface area contributed by atoms with Crippen molar-refractivity contribution in [1.82, 2.24) is 0 Å². The van der Waals surface area contributed by atoms with Crippen LogP contribution in [0.2, 0.25) is 18.1 Å². The molecule has 0 aromatic heterocycles. The van der Waals surface area contributed by atoms with Crippen molar-refractivity contribution in [2.45, 2.75) is 84.7 Å². The Morgan fingerprint density at radius 3 is 2.00 bits per heavy atom. The molecule has 1 aliphatic rings. The van der Waals surface area contributed by atoms with Gasteiger partial charge in [-0.15, -0.1) is 0 Å². The highest BCUT2D eigenvalue weighted by Crippen LogP contribution is 2.40. The summed E-state index contributed by atoms with van der Waals surface area (Å²) in [5, 5.41) is 0.0813. The van der Waals surface area contributed by atoms with E-state index in [0.717, 1.165) is 0 Å². The van der Waals surface area contributed by atoms with Crippen LogP contribution in [-0.4, -0.2) is 45.8 Å². The van der Waals surface area contributed by atoms with Gasteiger partial charge in [0.15, 0.2) is 8.32 Å². The summed E-state index contributed by atoms with van der Waals surface area (Å²) in [5.74, 6) is -0.397. The van der Waals surface area contributed by atoms with E-state index in [4.69, 9.17) is 18.5 Å². The third-order valence-corrected chi connectivity index (χ3v) is 10.0. The van der Waals surface area contributed by atoms with E-state index >= 15 is 0 Å². The number of rotatable bonds is 6. The molecule has 0 radical (unpaired) electrons. The molecule has 0 aromatic carbocycles. The van der Waals surface area contributed by atoms with Crippen molar-refractivity contribution in [1.29, 1.82) is 0 Å². The summed E-state index contributed by atoms with van der Waals surface area (Å²) in [6.07, 6.45) is 1.46. The van der Waals surface area contributed by atoms with Gasteiger partial charge in [0.05, 0.1) is 24.4 Å². The third kappa shape index (κ3) is 5.42. The normalized spacial score (nSPS) is 20.7. The SMILES string of the molecule is CCOC(=O)/C=C(\CO[Si](C)(C)C(C)(C)C)B1OC(C)(C)C(C)(C)O1. The minimum absolute atomic E-state index is 0.0813. The molecule has 0 spiro atoms. The summed E-state index contributed by atoms with van der Waals surface area (Å²) in [4.78, 5) is 12.0. The standard InChI is InChI=1S/C18H35BO5Si/c1-11-21-15(20)12-14(13-22-25(9,10)16(2,3)4)19-23-17(5,6)18(7,8)24-19/h12H,11,13H2,1-10H3/b14-12+. The Labute approximate surface area is 154 Å². The van der Waals surface area contributed by atoms with Gasteiger partial charge in [-0.05, 0) is 58.2 Å². The van der Waals surface area contributed by atoms with Crippen LogP contribution in [0.3, 0.4) is 0 Å². The van der Waals surface area contributed by atoms with E-state index in [1.807, 2.05) is 27.7 Å². The van der Waals surface area contributed by atoms with Gasteiger partial charge in [0.2, 0.25) is 0 Å². The molecule has 0 aliphatic carbocycles. The van der Waals surface area contributed by atoms with Crippen molar-refractivity contribution in [3.63, 3.8) is 0 Å². The Bertz CT molecular complexity index is 504. The first-order valence-electron chi connectivity index (χ1n) is 9.00. The van der Waals surface area contributed by atoms with E-state index in [9.17, 15) is 4.79 Å². The van der Waals surface area contributed by atoms with Gasteiger partial charge < -0.3 is 18.5 Å². The number of hydrogen-bond acceptors (Lipinski definition) is 5. The third-order valence-electron chi connectivity index (χ3n) is 5.55. The maximum Gasteiger partial charge on any atom is 0.493 e. The van der Waals surface area contributed by atoms with Gasteiger partial charge >= 0.3 is 13.1 Å². The van der Waals surface area contributed by atoms with Gasteiger partial charge in [-0.3, -0.25) is 0 Å². The molecule has 0 atom stereocenters. The van der Waals surface area contributed by atoms with Crippen LogP contribution >= 0.6 is 0 Å². The Hall–Kier alpha value is -0.628. The van der Waals surface area contributed by atoms with Gasteiger partial charge in [0, 0.05) is 6.08 Å². The molecule has 1 saturated heterocycles. The molecule has 1 rings (SSSR count). The maximum absolute atomic E-state index is 12.0. The molecule has 7 heteroatoms. The van der Waals surface area contributed by atoms with Crippen molar-refractivity contribution in [2.75, 3.05) is 13.2 Å². The second-order valence-electron chi connectivity index (χ2n) is 9.11. The highest BCUT2D eigenvalue weighted by Gasteiger charge is 2.52. The van der Waals surface area contributed by atoms with Crippen LogP contribution in [-0.2, 0) is 23.3 Å². The van der Waals surface area contributed by atoms with Gasteiger partial charge in [-0.1, -0.05) is 20.8 Å². The number of hydrogen-bond donors (Lipinski definition) is 0. The molecule has 0 saturated carbocycles. The predicted molar refractivity (Wildman–Crippen MR) is 104 cm³/mol. The van der Waals surface area contributed by atoms with E-state index in [1.54, 1.807) is 6.92 Å². The van der Waals surface area contributed by atoms with Crippen molar-refractivity contribution in [3.05, 3.63) is 11.5 Å². The van der Waals surface area contributed by atoms with Crippen molar-refractivity contribution in [2.24, 2.45) is 0 Å². The quantitative estimate of drug-likeness (QED) is 0.400. The fourth-order valence-electron chi connectivity index (χ4n) is 1.99. The number of carbonyl (C=O) groups is 1. The predicted octanol–water partition coefficient (Wildman–Crippen LogP) is 4.13. The smallest absolute Gasteiger partial charge is 0.463 e. The molecule has 0 N–H and O–H groups in total. The topological polar surface area (TPSA) is 54.0 Å². The lowest BCUT2D eigenvalue weighted by atomic mass is 9.78. The molecule has 1 aliphatic heterocycles. The molecule has 0 bridgehead atoms. The zero-order valence-electron chi connectivity index (χ0n) is 17.6. The summed E-state index contributed by atoms with van der Waals surface area (Å²) >= 11 is 0. The fraction of sp³-hybridized carbons (Fsp3) is 0.833. The number of ether oxygens (including phenoxy) is 1. The molecule has 144 valence electrons. The van der Waals surface area contributed by atoms with Crippen LogP contribution in [0, 0.1) is 0 Å². The Morgan fingerprint density at radius 1 is 1.12 bits per heavy atom. The van der Waals surface area contributed by atoms with Gasteiger partial charge in [-0.25, -0.2) is 4.79 Å². The van der Waals surface area contributed by atoms with Gasteiger partial charge in [0.25, 0.3) is 0 Å². The zero-order chi connectivity index (χ0) is 19.7. The molecule has 25 heavy (non-hydrogen) atoms. The minimum Gasteiger partial charge on any atom is -0.463 e. The van der Waals surface area contributed by atoms with Gasteiger partial charge in [-0.2, -0.15) is 0 Å². The van der Waals surface area contributed by atoms with Gasteiger partial charge in [0.1, 0.15) is 0 Å².